The van der Waals surface area contributed by atoms with Crippen molar-refractivity contribution in [1.29, 1.82) is 0 Å². The van der Waals surface area contributed by atoms with Crippen LogP contribution in [0.2, 0.25) is 0 Å². The molecule has 2 N–H and O–H groups in total. The summed E-state index contributed by atoms with van der Waals surface area (Å²) in [6.45, 7) is 6.37. The lowest BCUT2D eigenvalue weighted by Crippen LogP contribution is -2.32. The third-order valence-electron chi connectivity index (χ3n) is 2.21. The summed E-state index contributed by atoms with van der Waals surface area (Å²) in [4.78, 5) is 10.6. The van der Waals surface area contributed by atoms with Crippen LogP contribution in [0.3, 0.4) is 0 Å². The molecule has 0 saturated heterocycles. The summed E-state index contributed by atoms with van der Waals surface area (Å²) in [6, 6.07) is 7.98. The van der Waals surface area contributed by atoms with Gasteiger partial charge in [0.25, 0.3) is 0 Å². The molecule has 0 heterocycles. The fourth-order valence-electron chi connectivity index (χ4n) is 1.40. The molecular formula is C13H20N2O2. The number of hydrogen-bond acceptors (Lipinski definition) is 3. The number of carbonyl (C=O) groups is 1. The fraction of sp³-hybridized carbons (Fsp3) is 0.462. The molecule has 4 heteroatoms. The van der Waals surface area contributed by atoms with Crippen molar-refractivity contribution in [2.45, 2.75) is 13.8 Å². The Morgan fingerprint density at radius 1 is 1.29 bits per heavy atom. The second-order valence-electron chi connectivity index (χ2n) is 3.90. The largest absolute Gasteiger partial charge is 0.492 e. The third kappa shape index (κ3) is 6.58. The third-order valence-corrected chi connectivity index (χ3v) is 2.21. The van der Waals surface area contributed by atoms with E-state index in [0.29, 0.717) is 13.2 Å². The van der Waals surface area contributed by atoms with Crippen molar-refractivity contribution in [1.82, 2.24) is 10.6 Å². The van der Waals surface area contributed by atoms with Gasteiger partial charge in [-0.25, -0.2) is 0 Å². The van der Waals surface area contributed by atoms with Crippen molar-refractivity contribution in [2.24, 2.45) is 0 Å². The molecular weight excluding hydrogens is 216 g/mol. The first-order valence-electron chi connectivity index (χ1n) is 5.83. The lowest BCUT2D eigenvalue weighted by Gasteiger charge is -2.08. The van der Waals surface area contributed by atoms with Crippen molar-refractivity contribution in [3.05, 3.63) is 29.8 Å². The molecule has 1 amide bonds. The molecule has 0 aliphatic heterocycles. The minimum absolute atomic E-state index is 0.00260. The molecule has 0 spiro atoms. The summed E-state index contributed by atoms with van der Waals surface area (Å²) < 4.78 is 5.56. The van der Waals surface area contributed by atoms with Gasteiger partial charge >= 0.3 is 0 Å². The summed E-state index contributed by atoms with van der Waals surface area (Å²) in [5, 5.41) is 5.91. The molecule has 0 bridgehead atoms. The molecule has 0 atom stereocenters. The average Bonchev–Trinajstić information content (AvgIpc) is 2.27. The Bertz CT molecular complexity index is 353. The van der Waals surface area contributed by atoms with Crippen molar-refractivity contribution >= 4 is 5.91 Å². The molecule has 0 aliphatic rings. The maximum atomic E-state index is 10.6. The SMILES string of the molecule is CC(=O)NCCNCCOc1cccc(C)c1. The average molecular weight is 236 g/mol. The summed E-state index contributed by atoms with van der Waals surface area (Å²) in [7, 11) is 0. The summed E-state index contributed by atoms with van der Waals surface area (Å²) in [5.41, 5.74) is 1.20. The lowest BCUT2D eigenvalue weighted by molar-refractivity contribution is -0.118. The Labute approximate surface area is 102 Å². The number of nitrogens with one attached hydrogen (secondary N) is 2. The van der Waals surface area contributed by atoms with Crippen LogP contribution in [-0.2, 0) is 4.79 Å². The van der Waals surface area contributed by atoms with E-state index in [4.69, 9.17) is 4.74 Å². The normalized spacial score (nSPS) is 10.0. The molecule has 0 fully saturated rings. The number of amides is 1. The van der Waals surface area contributed by atoms with Gasteiger partial charge in [0.2, 0.25) is 5.91 Å². The van der Waals surface area contributed by atoms with Crippen LogP contribution in [0.25, 0.3) is 0 Å². The first-order chi connectivity index (χ1) is 8.18. The van der Waals surface area contributed by atoms with E-state index in [-0.39, 0.29) is 5.91 Å². The van der Waals surface area contributed by atoms with Crippen LogP contribution >= 0.6 is 0 Å². The predicted octanol–water partition coefficient (Wildman–Crippen LogP) is 1.10. The van der Waals surface area contributed by atoms with Gasteiger partial charge in [0, 0.05) is 26.6 Å². The molecule has 4 nitrogen and oxygen atoms in total. The van der Waals surface area contributed by atoms with Gasteiger partial charge in [0.05, 0.1) is 0 Å². The smallest absolute Gasteiger partial charge is 0.216 e. The minimum Gasteiger partial charge on any atom is -0.492 e. The van der Waals surface area contributed by atoms with Crippen LogP contribution in [0.4, 0.5) is 0 Å². The van der Waals surface area contributed by atoms with Crippen LogP contribution in [0.5, 0.6) is 5.75 Å². The Hall–Kier alpha value is -1.55. The van der Waals surface area contributed by atoms with E-state index in [9.17, 15) is 4.79 Å². The van der Waals surface area contributed by atoms with E-state index in [1.54, 1.807) is 0 Å². The summed E-state index contributed by atoms with van der Waals surface area (Å²) >= 11 is 0. The molecule has 1 aromatic rings. The highest BCUT2D eigenvalue weighted by Gasteiger charge is 1.94. The van der Waals surface area contributed by atoms with E-state index >= 15 is 0 Å². The van der Waals surface area contributed by atoms with Crippen LogP contribution in [0.1, 0.15) is 12.5 Å². The van der Waals surface area contributed by atoms with Crippen LogP contribution in [-0.4, -0.2) is 32.1 Å². The molecule has 0 aromatic heterocycles. The topological polar surface area (TPSA) is 50.4 Å². The molecule has 1 rings (SSSR count). The van der Waals surface area contributed by atoms with E-state index in [0.717, 1.165) is 18.8 Å². The van der Waals surface area contributed by atoms with Gasteiger partial charge in [-0.3, -0.25) is 4.79 Å². The standard InChI is InChI=1S/C13H20N2O2/c1-11-4-3-5-13(10-11)17-9-8-14-6-7-15-12(2)16/h3-5,10,14H,6-9H2,1-2H3,(H,15,16). The zero-order chi connectivity index (χ0) is 12.5. The van der Waals surface area contributed by atoms with Gasteiger partial charge in [-0.15, -0.1) is 0 Å². The molecule has 0 aliphatic carbocycles. The molecule has 17 heavy (non-hydrogen) atoms. The van der Waals surface area contributed by atoms with Gasteiger partial charge in [-0.05, 0) is 24.6 Å². The quantitative estimate of drug-likeness (QED) is 0.697. The van der Waals surface area contributed by atoms with E-state index in [1.807, 2.05) is 31.2 Å². The van der Waals surface area contributed by atoms with E-state index in [1.165, 1.54) is 12.5 Å². The maximum Gasteiger partial charge on any atom is 0.216 e. The summed E-state index contributed by atoms with van der Waals surface area (Å²) in [6.07, 6.45) is 0. The van der Waals surface area contributed by atoms with E-state index in [2.05, 4.69) is 10.6 Å². The minimum atomic E-state index is 0.00260. The predicted molar refractivity (Wildman–Crippen MR) is 68.2 cm³/mol. The lowest BCUT2D eigenvalue weighted by atomic mass is 10.2. The summed E-state index contributed by atoms with van der Waals surface area (Å²) in [5.74, 6) is 0.900. The molecule has 1 aromatic carbocycles. The second kappa shape index (κ2) is 7.68. The Kier molecular flexibility index (Phi) is 6.10. The number of hydrogen-bond donors (Lipinski definition) is 2. The number of rotatable bonds is 7. The van der Waals surface area contributed by atoms with Crippen molar-refractivity contribution in [3.8, 4) is 5.75 Å². The maximum absolute atomic E-state index is 10.6. The van der Waals surface area contributed by atoms with Gasteiger partial charge in [0.15, 0.2) is 0 Å². The highest BCUT2D eigenvalue weighted by atomic mass is 16.5. The van der Waals surface area contributed by atoms with E-state index < -0.39 is 0 Å². The zero-order valence-electron chi connectivity index (χ0n) is 10.5. The Morgan fingerprint density at radius 3 is 2.82 bits per heavy atom. The highest BCUT2D eigenvalue weighted by Crippen LogP contribution is 2.11. The Balaban J connectivity index is 2.03. The van der Waals surface area contributed by atoms with Crippen LogP contribution < -0.4 is 15.4 Å². The van der Waals surface area contributed by atoms with Gasteiger partial charge in [-0.2, -0.15) is 0 Å². The van der Waals surface area contributed by atoms with Gasteiger partial charge in [0.1, 0.15) is 12.4 Å². The highest BCUT2D eigenvalue weighted by molar-refractivity contribution is 5.72. The molecule has 0 unspecified atom stereocenters. The van der Waals surface area contributed by atoms with Crippen LogP contribution in [0, 0.1) is 6.92 Å². The molecule has 0 radical (unpaired) electrons. The van der Waals surface area contributed by atoms with Crippen LogP contribution in [0.15, 0.2) is 24.3 Å². The first kappa shape index (κ1) is 13.5. The zero-order valence-corrected chi connectivity index (χ0v) is 10.5. The fourth-order valence-corrected chi connectivity index (χ4v) is 1.40. The van der Waals surface area contributed by atoms with Gasteiger partial charge < -0.3 is 15.4 Å². The van der Waals surface area contributed by atoms with Crippen molar-refractivity contribution in [3.63, 3.8) is 0 Å². The number of carbonyl (C=O) groups excluding carboxylic acids is 1. The molecule has 0 saturated carbocycles. The number of aryl methyl sites for hydroxylation is 1. The van der Waals surface area contributed by atoms with Gasteiger partial charge in [-0.1, -0.05) is 12.1 Å². The second-order valence-corrected chi connectivity index (χ2v) is 3.90. The number of benzene rings is 1. The monoisotopic (exact) mass is 236 g/mol. The van der Waals surface area contributed by atoms with Crippen molar-refractivity contribution in [2.75, 3.05) is 26.2 Å². The Morgan fingerprint density at radius 2 is 2.12 bits per heavy atom. The first-order valence-corrected chi connectivity index (χ1v) is 5.83. The van der Waals surface area contributed by atoms with Crippen molar-refractivity contribution < 1.29 is 9.53 Å². The molecule has 94 valence electrons. The number of ether oxygens (including phenoxy) is 1.